The summed E-state index contributed by atoms with van der Waals surface area (Å²) in [7, 11) is 1.60. The van der Waals surface area contributed by atoms with Crippen molar-refractivity contribution in [2.24, 2.45) is 10.7 Å². The highest BCUT2D eigenvalue weighted by atomic mass is 35.5. The van der Waals surface area contributed by atoms with Gasteiger partial charge in [0.15, 0.2) is 4.34 Å². The number of hydrogen-bond donors (Lipinski definition) is 4. The maximum absolute atomic E-state index is 6.69. The zero-order valence-corrected chi connectivity index (χ0v) is 20.2. The Morgan fingerprint density at radius 3 is 2.82 bits per heavy atom. The smallest absolute Gasteiger partial charge is 0.214 e. The van der Waals surface area contributed by atoms with Gasteiger partial charge in [0.25, 0.3) is 0 Å². The average molecular weight is 500 g/mol. The molecule has 2 aromatic carbocycles. The molecule has 1 unspecified atom stereocenters. The summed E-state index contributed by atoms with van der Waals surface area (Å²) in [5, 5.41) is 15.2. The van der Waals surface area contributed by atoms with Crippen molar-refractivity contribution in [2.45, 2.75) is 34.3 Å². The molecule has 0 fully saturated rings. The van der Waals surface area contributed by atoms with Gasteiger partial charge in [-0.3, -0.25) is 5.73 Å². The minimum atomic E-state index is -1.26. The fourth-order valence-electron chi connectivity index (χ4n) is 3.93. The van der Waals surface area contributed by atoms with Gasteiger partial charge in [-0.15, -0.1) is 10.2 Å². The SMILES string of the molecule is COc1cc(Sc2nnc(N)s2)ccc1C1(N)N=C(Nc2ccc3c(c2)CCC3)C(Cl)=CN1. The number of aromatic nitrogens is 2. The van der Waals surface area contributed by atoms with E-state index in [1.54, 1.807) is 13.3 Å². The molecule has 0 bridgehead atoms. The molecule has 2 heterocycles. The van der Waals surface area contributed by atoms with Gasteiger partial charge in [0.1, 0.15) is 11.6 Å². The summed E-state index contributed by atoms with van der Waals surface area (Å²) in [6.07, 6.45) is 5.06. The van der Waals surface area contributed by atoms with Crippen LogP contribution in [0.15, 0.2) is 61.9 Å². The zero-order valence-electron chi connectivity index (χ0n) is 17.8. The molecular formula is C22H22ClN7OS2. The first-order chi connectivity index (χ1) is 15.9. The number of anilines is 2. The van der Waals surface area contributed by atoms with Crippen molar-refractivity contribution >= 4 is 51.4 Å². The normalized spacial score (nSPS) is 19.4. The number of halogens is 1. The zero-order chi connectivity index (χ0) is 23.0. The molecule has 5 rings (SSSR count). The molecule has 170 valence electrons. The van der Waals surface area contributed by atoms with E-state index in [0.717, 1.165) is 27.8 Å². The van der Waals surface area contributed by atoms with Gasteiger partial charge in [0.05, 0.1) is 17.7 Å². The number of hydrogen-bond acceptors (Lipinski definition) is 10. The topological polar surface area (TPSA) is 123 Å². The van der Waals surface area contributed by atoms with E-state index in [1.807, 2.05) is 24.3 Å². The molecule has 0 spiro atoms. The van der Waals surface area contributed by atoms with Gasteiger partial charge in [-0.25, -0.2) is 4.99 Å². The van der Waals surface area contributed by atoms with Crippen molar-refractivity contribution in [1.29, 1.82) is 0 Å². The fraction of sp³-hybridized carbons (Fsp3) is 0.227. The summed E-state index contributed by atoms with van der Waals surface area (Å²) in [6.45, 7) is 0. The fourth-order valence-corrected chi connectivity index (χ4v) is 5.71. The lowest BCUT2D eigenvalue weighted by Gasteiger charge is -2.32. The van der Waals surface area contributed by atoms with Crippen LogP contribution in [0.5, 0.6) is 5.75 Å². The van der Waals surface area contributed by atoms with E-state index in [-0.39, 0.29) is 0 Å². The van der Waals surface area contributed by atoms with E-state index in [2.05, 4.69) is 33.0 Å². The van der Waals surface area contributed by atoms with Crippen molar-refractivity contribution < 1.29 is 4.74 Å². The highest BCUT2D eigenvalue weighted by molar-refractivity contribution is 8.01. The second kappa shape index (κ2) is 8.86. The number of benzene rings is 2. The molecule has 11 heteroatoms. The summed E-state index contributed by atoms with van der Waals surface area (Å²) < 4.78 is 6.39. The molecular weight excluding hydrogens is 478 g/mol. The van der Waals surface area contributed by atoms with E-state index in [0.29, 0.717) is 27.3 Å². The summed E-state index contributed by atoms with van der Waals surface area (Å²) in [6, 6.07) is 12.1. The van der Waals surface area contributed by atoms with Crippen LogP contribution in [0.25, 0.3) is 0 Å². The standard InChI is InChI=1S/C22H22ClN7OS2/c1-31-18-10-15(32-21-30-29-20(24)33-21)7-8-16(18)22(25)26-11-17(23)19(28-22)27-14-6-5-12-3-2-4-13(12)9-14/h5-11,26H,2-4,25H2,1H3,(H2,24,29)(H,27,28). The molecule has 0 radical (unpaired) electrons. The van der Waals surface area contributed by atoms with Gasteiger partial charge in [0, 0.05) is 16.8 Å². The molecule has 1 aliphatic heterocycles. The summed E-state index contributed by atoms with van der Waals surface area (Å²) in [5.41, 5.74) is 16.7. The number of amidine groups is 1. The van der Waals surface area contributed by atoms with Crippen LogP contribution < -0.4 is 26.8 Å². The van der Waals surface area contributed by atoms with Crippen molar-refractivity contribution in [3.63, 3.8) is 0 Å². The number of nitrogens with one attached hydrogen (secondary N) is 2. The average Bonchev–Trinajstić information content (AvgIpc) is 3.44. The van der Waals surface area contributed by atoms with Gasteiger partial charge in [-0.05, 0) is 60.7 Å². The number of methoxy groups -OCH3 is 1. The number of rotatable bonds is 5. The van der Waals surface area contributed by atoms with Crippen molar-refractivity contribution in [3.05, 3.63) is 64.3 Å². The minimum Gasteiger partial charge on any atom is -0.496 e. The number of aliphatic imine (C=N–C) groups is 1. The van der Waals surface area contributed by atoms with Gasteiger partial charge in [0.2, 0.25) is 10.9 Å². The molecule has 6 N–H and O–H groups in total. The Labute approximate surface area is 204 Å². The highest BCUT2D eigenvalue weighted by Gasteiger charge is 2.33. The number of aryl methyl sites for hydroxylation is 2. The molecule has 8 nitrogen and oxygen atoms in total. The lowest BCUT2D eigenvalue weighted by atomic mass is 10.1. The third kappa shape index (κ3) is 4.51. The number of ether oxygens (including phenoxy) is 1. The molecule has 1 aromatic heterocycles. The molecule has 1 aliphatic carbocycles. The first-order valence-corrected chi connectivity index (χ1v) is 12.3. The van der Waals surface area contributed by atoms with Crippen LogP contribution in [0.3, 0.4) is 0 Å². The predicted octanol–water partition coefficient (Wildman–Crippen LogP) is 4.03. The predicted molar refractivity (Wildman–Crippen MR) is 134 cm³/mol. The van der Waals surface area contributed by atoms with Gasteiger partial charge in [-0.1, -0.05) is 40.8 Å². The highest BCUT2D eigenvalue weighted by Crippen LogP contribution is 2.37. The lowest BCUT2D eigenvalue weighted by Crippen LogP contribution is -2.50. The Morgan fingerprint density at radius 2 is 2.03 bits per heavy atom. The van der Waals surface area contributed by atoms with Gasteiger partial charge < -0.3 is 21.1 Å². The Morgan fingerprint density at radius 1 is 1.18 bits per heavy atom. The lowest BCUT2D eigenvalue weighted by molar-refractivity contribution is 0.359. The second-order valence-corrected chi connectivity index (χ2v) is 10.4. The number of nitrogens with two attached hydrogens (primary N) is 2. The van der Waals surface area contributed by atoms with Crippen molar-refractivity contribution in [2.75, 3.05) is 18.2 Å². The number of nitrogens with zero attached hydrogens (tertiary/aromatic N) is 3. The maximum Gasteiger partial charge on any atom is 0.214 e. The minimum absolute atomic E-state index is 0.426. The van der Waals surface area contributed by atoms with Crippen LogP contribution in [0, 0.1) is 0 Å². The third-order valence-corrected chi connectivity index (χ3v) is 7.59. The largest absolute Gasteiger partial charge is 0.496 e. The van der Waals surface area contributed by atoms with E-state index < -0.39 is 5.79 Å². The molecule has 0 amide bonds. The van der Waals surface area contributed by atoms with Crippen LogP contribution in [-0.4, -0.2) is 23.1 Å². The number of fused-ring (bicyclic) bond motifs is 1. The van der Waals surface area contributed by atoms with Crippen molar-refractivity contribution in [1.82, 2.24) is 15.5 Å². The monoisotopic (exact) mass is 499 g/mol. The third-order valence-electron chi connectivity index (χ3n) is 5.51. The van der Waals surface area contributed by atoms with Gasteiger partial charge >= 0.3 is 0 Å². The quantitative estimate of drug-likeness (QED) is 0.415. The van der Waals surface area contributed by atoms with Crippen molar-refractivity contribution in [3.8, 4) is 5.75 Å². The van der Waals surface area contributed by atoms with E-state index in [9.17, 15) is 0 Å². The Kier molecular flexibility index (Phi) is 5.92. The first kappa shape index (κ1) is 22.0. The summed E-state index contributed by atoms with van der Waals surface area (Å²) >= 11 is 9.22. The first-order valence-electron chi connectivity index (χ1n) is 10.3. The summed E-state index contributed by atoms with van der Waals surface area (Å²) in [5.74, 6) is -0.195. The molecule has 33 heavy (non-hydrogen) atoms. The van der Waals surface area contributed by atoms with Crippen LogP contribution in [0.2, 0.25) is 0 Å². The van der Waals surface area contributed by atoms with Crippen LogP contribution in [0.4, 0.5) is 10.8 Å². The van der Waals surface area contributed by atoms with Crippen LogP contribution in [0.1, 0.15) is 23.1 Å². The Balaban J connectivity index is 1.43. The van der Waals surface area contributed by atoms with E-state index in [4.69, 9.17) is 32.8 Å². The Bertz CT molecular complexity index is 1280. The molecule has 3 aromatic rings. The van der Waals surface area contributed by atoms with E-state index in [1.165, 1.54) is 40.6 Å². The van der Waals surface area contributed by atoms with Crippen LogP contribution >= 0.6 is 34.7 Å². The molecule has 0 saturated carbocycles. The van der Waals surface area contributed by atoms with Crippen LogP contribution in [-0.2, 0) is 18.6 Å². The van der Waals surface area contributed by atoms with E-state index >= 15 is 0 Å². The summed E-state index contributed by atoms with van der Waals surface area (Å²) in [4.78, 5) is 5.64. The molecule has 0 saturated heterocycles. The molecule has 1 atom stereocenters. The second-order valence-electron chi connectivity index (χ2n) is 7.70. The maximum atomic E-state index is 6.69. The Hall–Kier alpha value is -2.79. The number of nitrogen functional groups attached to an aromatic ring is 1. The van der Waals surface area contributed by atoms with Gasteiger partial charge in [-0.2, -0.15) is 0 Å². The molecule has 2 aliphatic rings.